The van der Waals surface area contributed by atoms with Gasteiger partial charge in [-0.05, 0) is 54.0 Å². The molecule has 6 nitrogen and oxygen atoms in total. The van der Waals surface area contributed by atoms with Crippen molar-refractivity contribution in [2.24, 2.45) is 5.92 Å². The Kier molecular flexibility index (Phi) is 7.43. The second kappa shape index (κ2) is 10.0. The highest BCUT2D eigenvalue weighted by molar-refractivity contribution is 5.97. The number of rotatable bonds is 7. The molecule has 142 valence electrons. The first-order valence-corrected chi connectivity index (χ1v) is 8.63. The molecule has 27 heavy (non-hydrogen) atoms. The molecule has 2 aromatic rings. The minimum Gasteiger partial charge on any atom is -0.497 e. The zero-order valence-corrected chi connectivity index (χ0v) is 15.7. The van der Waals surface area contributed by atoms with Gasteiger partial charge < -0.3 is 9.47 Å². The number of benzene rings is 2. The van der Waals surface area contributed by atoms with E-state index in [0.29, 0.717) is 23.8 Å². The average Bonchev–Trinajstić information content (AvgIpc) is 2.69. The third-order valence-corrected chi connectivity index (χ3v) is 3.54. The quantitative estimate of drug-likeness (QED) is 0.581. The smallest absolute Gasteiger partial charge is 0.269 e. The summed E-state index contributed by atoms with van der Waals surface area (Å²) < 4.78 is 10.6. The van der Waals surface area contributed by atoms with Crippen molar-refractivity contribution in [1.82, 2.24) is 10.9 Å². The van der Waals surface area contributed by atoms with E-state index < -0.39 is 11.8 Å². The zero-order valence-electron chi connectivity index (χ0n) is 15.7. The predicted molar refractivity (Wildman–Crippen MR) is 104 cm³/mol. The van der Waals surface area contributed by atoms with Crippen molar-refractivity contribution < 1.29 is 19.1 Å². The molecule has 0 aliphatic carbocycles. The number of carbonyl (C=O) groups is 2. The average molecular weight is 368 g/mol. The van der Waals surface area contributed by atoms with Crippen molar-refractivity contribution in [2.75, 3.05) is 13.7 Å². The molecule has 0 atom stereocenters. The molecular formula is C21H24N2O4. The van der Waals surface area contributed by atoms with Gasteiger partial charge >= 0.3 is 0 Å². The summed E-state index contributed by atoms with van der Waals surface area (Å²) in [6.45, 7) is 4.74. The van der Waals surface area contributed by atoms with Crippen LogP contribution in [0.1, 0.15) is 29.8 Å². The molecule has 0 radical (unpaired) electrons. The summed E-state index contributed by atoms with van der Waals surface area (Å²) in [4.78, 5) is 23.9. The Morgan fingerprint density at radius 1 is 0.963 bits per heavy atom. The molecule has 0 aliphatic rings. The molecule has 0 bridgehead atoms. The fraction of sp³-hybridized carbons (Fsp3) is 0.238. The maximum Gasteiger partial charge on any atom is 0.269 e. The molecule has 6 heteroatoms. The van der Waals surface area contributed by atoms with Crippen LogP contribution >= 0.6 is 0 Å². The standard InChI is InChI=1S/C21H24N2O4/c1-15(2)14-27-19-11-7-17(8-12-19)21(25)23-22-20(24)13-6-16-4-9-18(26-3)10-5-16/h4-13,15H,14H2,1-3H3,(H,22,24)(H,23,25)/b13-6+. The highest BCUT2D eigenvalue weighted by atomic mass is 16.5. The minimum absolute atomic E-state index is 0.406. The molecule has 2 rings (SSSR count). The van der Waals surface area contributed by atoms with Gasteiger partial charge in [0.2, 0.25) is 0 Å². The van der Waals surface area contributed by atoms with Crippen LogP contribution in [0, 0.1) is 5.92 Å². The van der Waals surface area contributed by atoms with Gasteiger partial charge in [-0.25, -0.2) is 0 Å². The van der Waals surface area contributed by atoms with Gasteiger partial charge in [0.25, 0.3) is 11.8 Å². The monoisotopic (exact) mass is 368 g/mol. The summed E-state index contributed by atoms with van der Waals surface area (Å²) in [6.07, 6.45) is 2.98. The molecule has 0 fully saturated rings. The predicted octanol–water partition coefficient (Wildman–Crippen LogP) is 3.20. The number of carbonyl (C=O) groups excluding carboxylic acids is 2. The third kappa shape index (κ3) is 6.86. The van der Waals surface area contributed by atoms with Gasteiger partial charge in [-0.15, -0.1) is 0 Å². The number of nitrogens with one attached hydrogen (secondary N) is 2. The Morgan fingerprint density at radius 2 is 1.59 bits per heavy atom. The highest BCUT2D eigenvalue weighted by Gasteiger charge is 2.06. The maximum atomic E-state index is 12.1. The maximum absolute atomic E-state index is 12.1. The first kappa shape index (κ1) is 20.0. The first-order chi connectivity index (χ1) is 13.0. The molecular weight excluding hydrogens is 344 g/mol. The Hall–Kier alpha value is -3.28. The molecule has 0 aromatic heterocycles. The summed E-state index contributed by atoms with van der Waals surface area (Å²) in [5, 5.41) is 0. The van der Waals surface area contributed by atoms with E-state index in [4.69, 9.17) is 9.47 Å². The second-order valence-electron chi connectivity index (χ2n) is 6.28. The van der Waals surface area contributed by atoms with Gasteiger partial charge in [0, 0.05) is 11.6 Å². The molecule has 2 aromatic carbocycles. The Balaban J connectivity index is 1.81. The van der Waals surface area contributed by atoms with Gasteiger partial charge in [0.15, 0.2) is 0 Å². The van der Waals surface area contributed by atoms with Crippen LogP contribution in [-0.2, 0) is 4.79 Å². The van der Waals surface area contributed by atoms with Gasteiger partial charge in [-0.2, -0.15) is 0 Å². The normalized spacial score (nSPS) is 10.7. The number of hydrazine groups is 1. The summed E-state index contributed by atoms with van der Waals surface area (Å²) in [5.41, 5.74) is 5.98. The van der Waals surface area contributed by atoms with E-state index in [1.807, 2.05) is 12.1 Å². The topological polar surface area (TPSA) is 76.7 Å². The molecule has 0 heterocycles. The lowest BCUT2D eigenvalue weighted by molar-refractivity contribution is -0.117. The lowest BCUT2D eigenvalue weighted by Crippen LogP contribution is -2.40. The summed E-state index contributed by atoms with van der Waals surface area (Å²) in [7, 11) is 1.59. The van der Waals surface area contributed by atoms with E-state index in [9.17, 15) is 9.59 Å². The van der Waals surface area contributed by atoms with Crippen LogP contribution in [-0.4, -0.2) is 25.5 Å². The molecule has 0 spiro atoms. The van der Waals surface area contributed by atoms with Crippen molar-refractivity contribution in [3.05, 3.63) is 65.7 Å². The molecule has 0 unspecified atom stereocenters. The zero-order chi connectivity index (χ0) is 19.6. The molecule has 0 saturated heterocycles. The number of ether oxygens (including phenoxy) is 2. The van der Waals surface area contributed by atoms with Crippen LogP contribution in [0.3, 0.4) is 0 Å². The minimum atomic E-state index is -0.434. The van der Waals surface area contributed by atoms with Crippen molar-refractivity contribution in [2.45, 2.75) is 13.8 Å². The first-order valence-electron chi connectivity index (χ1n) is 8.63. The van der Waals surface area contributed by atoms with E-state index in [-0.39, 0.29) is 0 Å². The van der Waals surface area contributed by atoms with E-state index >= 15 is 0 Å². The summed E-state index contributed by atoms with van der Waals surface area (Å²) in [6, 6.07) is 14.0. The lowest BCUT2D eigenvalue weighted by Gasteiger charge is -2.09. The summed E-state index contributed by atoms with van der Waals surface area (Å²) >= 11 is 0. The van der Waals surface area contributed by atoms with Gasteiger partial charge in [-0.3, -0.25) is 20.4 Å². The summed E-state index contributed by atoms with van der Waals surface area (Å²) in [5.74, 6) is 1.03. The van der Waals surface area contributed by atoms with Gasteiger partial charge in [0.05, 0.1) is 13.7 Å². The SMILES string of the molecule is COc1ccc(/C=C/C(=O)NNC(=O)c2ccc(OCC(C)C)cc2)cc1. The van der Waals surface area contributed by atoms with Crippen LogP contribution < -0.4 is 20.3 Å². The fourth-order valence-corrected chi connectivity index (χ4v) is 2.08. The van der Waals surface area contributed by atoms with E-state index in [0.717, 1.165) is 11.3 Å². The molecule has 0 saturated carbocycles. The van der Waals surface area contributed by atoms with Crippen LogP contribution in [0.2, 0.25) is 0 Å². The second-order valence-corrected chi connectivity index (χ2v) is 6.28. The molecule has 0 aliphatic heterocycles. The van der Waals surface area contributed by atoms with Crippen molar-refractivity contribution in [3.8, 4) is 11.5 Å². The van der Waals surface area contributed by atoms with Crippen molar-refractivity contribution in [1.29, 1.82) is 0 Å². The van der Waals surface area contributed by atoms with Crippen LogP contribution in [0.25, 0.3) is 6.08 Å². The van der Waals surface area contributed by atoms with Crippen molar-refractivity contribution >= 4 is 17.9 Å². The third-order valence-electron chi connectivity index (χ3n) is 3.54. The number of amides is 2. The number of hydrogen-bond donors (Lipinski definition) is 2. The molecule has 2 N–H and O–H groups in total. The lowest BCUT2D eigenvalue weighted by atomic mass is 10.2. The van der Waals surface area contributed by atoms with Crippen LogP contribution in [0.4, 0.5) is 0 Å². The Morgan fingerprint density at radius 3 is 2.19 bits per heavy atom. The van der Waals surface area contributed by atoms with Crippen LogP contribution in [0.5, 0.6) is 11.5 Å². The fourth-order valence-electron chi connectivity index (χ4n) is 2.08. The van der Waals surface area contributed by atoms with E-state index in [1.165, 1.54) is 6.08 Å². The Bertz CT molecular complexity index is 781. The van der Waals surface area contributed by atoms with Crippen LogP contribution in [0.15, 0.2) is 54.6 Å². The Labute approximate surface area is 159 Å². The van der Waals surface area contributed by atoms with Crippen molar-refractivity contribution in [3.63, 3.8) is 0 Å². The molecule has 2 amide bonds. The number of methoxy groups -OCH3 is 1. The largest absolute Gasteiger partial charge is 0.497 e. The van der Waals surface area contributed by atoms with E-state index in [1.54, 1.807) is 49.6 Å². The van der Waals surface area contributed by atoms with Gasteiger partial charge in [-0.1, -0.05) is 26.0 Å². The van der Waals surface area contributed by atoms with Gasteiger partial charge in [0.1, 0.15) is 11.5 Å². The van der Waals surface area contributed by atoms with E-state index in [2.05, 4.69) is 24.7 Å². The highest BCUT2D eigenvalue weighted by Crippen LogP contribution is 2.13. The number of hydrogen-bond acceptors (Lipinski definition) is 4.